The standard InChI is InChI=1S/C7H3ClF3N3O/c8-6-5(13)3(2-12)1-4(14-6)15-7(9,10)11/h1H,13H2. The number of nitrogen functional groups attached to an aromatic ring is 1. The third-order valence-electron chi connectivity index (χ3n) is 1.33. The Balaban J connectivity index is 3.13. The van der Waals surface area contributed by atoms with E-state index in [2.05, 4.69) is 9.72 Å². The highest BCUT2D eigenvalue weighted by atomic mass is 35.5. The summed E-state index contributed by atoms with van der Waals surface area (Å²) in [5.41, 5.74) is 4.86. The van der Waals surface area contributed by atoms with Gasteiger partial charge in [0, 0.05) is 6.07 Å². The zero-order valence-corrected chi connectivity index (χ0v) is 7.73. The molecule has 4 nitrogen and oxygen atoms in total. The molecule has 0 spiro atoms. The van der Waals surface area contributed by atoms with Crippen molar-refractivity contribution in [2.75, 3.05) is 5.73 Å². The number of halogens is 4. The van der Waals surface area contributed by atoms with Crippen LogP contribution >= 0.6 is 11.6 Å². The van der Waals surface area contributed by atoms with Gasteiger partial charge in [0.25, 0.3) is 0 Å². The first-order chi connectivity index (χ1) is 6.83. The zero-order chi connectivity index (χ0) is 11.6. The first kappa shape index (κ1) is 11.4. The molecule has 0 unspecified atom stereocenters. The molecule has 0 aliphatic rings. The van der Waals surface area contributed by atoms with Gasteiger partial charge in [-0.2, -0.15) is 10.2 Å². The fraction of sp³-hybridized carbons (Fsp3) is 0.143. The molecule has 0 fully saturated rings. The largest absolute Gasteiger partial charge is 0.574 e. The molecule has 1 aromatic rings. The van der Waals surface area contributed by atoms with Gasteiger partial charge in [0.2, 0.25) is 5.88 Å². The average Bonchev–Trinajstić information content (AvgIpc) is 2.08. The van der Waals surface area contributed by atoms with E-state index in [9.17, 15) is 13.2 Å². The van der Waals surface area contributed by atoms with Crippen molar-refractivity contribution in [3.8, 4) is 11.9 Å². The Bertz CT molecular complexity index is 427. The topological polar surface area (TPSA) is 71.9 Å². The molecule has 0 bridgehead atoms. The van der Waals surface area contributed by atoms with Crippen molar-refractivity contribution in [2.24, 2.45) is 0 Å². The molecule has 0 saturated heterocycles. The van der Waals surface area contributed by atoms with Gasteiger partial charge in [-0.05, 0) is 0 Å². The van der Waals surface area contributed by atoms with Crippen LogP contribution in [0, 0.1) is 11.3 Å². The lowest BCUT2D eigenvalue weighted by atomic mass is 10.2. The summed E-state index contributed by atoms with van der Waals surface area (Å²) >= 11 is 5.39. The summed E-state index contributed by atoms with van der Waals surface area (Å²) in [6.07, 6.45) is -4.89. The van der Waals surface area contributed by atoms with Gasteiger partial charge in [-0.1, -0.05) is 11.6 Å². The lowest BCUT2D eigenvalue weighted by Gasteiger charge is -2.09. The number of anilines is 1. The highest BCUT2D eigenvalue weighted by Gasteiger charge is 2.32. The van der Waals surface area contributed by atoms with Crippen LogP contribution < -0.4 is 10.5 Å². The third kappa shape index (κ3) is 2.89. The molecule has 1 heterocycles. The minimum atomic E-state index is -4.89. The molecule has 0 aliphatic heterocycles. The van der Waals surface area contributed by atoms with E-state index in [4.69, 9.17) is 22.6 Å². The van der Waals surface area contributed by atoms with Crippen LogP contribution in [0.2, 0.25) is 5.15 Å². The van der Waals surface area contributed by atoms with Gasteiger partial charge < -0.3 is 10.5 Å². The second kappa shape index (κ2) is 3.82. The van der Waals surface area contributed by atoms with Crippen LogP contribution in [0.4, 0.5) is 18.9 Å². The van der Waals surface area contributed by atoms with Crippen molar-refractivity contribution in [1.82, 2.24) is 4.98 Å². The summed E-state index contributed by atoms with van der Waals surface area (Å²) in [6.45, 7) is 0. The first-order valence-electron chi connectivity index (χ1n) is 3.45. The molecule has 80 valence electrons. The quantitative estimate of drug-likeness (QED) is 0.759. The summed E-state index contributed by atoms with van der Waals surface area (Å²) in [4.78, 5) is 3.21. The van der Waals surface area contributed by atoms with Crippen molar-refractivity contribution in [1.29, 1.82) is 5.26 Å². The van der Waals surface area contributed by atoms with Gasteiger partial charge >= 0.3 is 6.36 Å². The SMILES string of the molecule is N#Cc1cc(OC(F)(F)F)nc(Cl)c1N. The number of nitrogens with two attached hydrogens (primary N) is 1. The smallest absolute Gasteiger partial charge is 0.395 e. The minimum absolute atomic E-state index is 0.186. The van der Waals surface area contributed by atoms with Crippen LogP contribution in [-0.4, -0.2) is 11.3 Å². The lowest BCUT2D eigenvalue weighted by molar-refractivity contribution is -0.276. The van der Waals surface area contributed by atoms with E-state index < -0.39 is 17.4 Å². The molecule has 0 amide bonds. The molecule has 15 heavy (non-hydrogen) atoms. The number of nitriles is 1. The van der Waals surface area contributed by atoms with Crippen LogP contribution in [-0.2, 0) is 0 Å². The second-order valence-corrected chi connectivity index (χ2v) is 2.73. The Hall–Kier alpha value is -1.68. The molecule has 1 aromatic heterocycles. The van der Waals surface area contributed by atoms with Gasteiger partial charge in [-0.3, -0.25) is 0 Å². The van der Waals surface area contributed by atoms with Gasteiger partial charge in [0.15, 0.2) is 5.15 Å². The summed E-state index contributed by atoms with van der Waals surface area (Å²) in [6, 6.07) is 2.32. The fourth-order valence-electron chi connectivity index (χ4n) is 0.765. The van der Waals surface area contributed by atoms with Crippen molar-refractivity contribution in [3.63, 3.8) is 0 Å². The summed E-state index contributed by atoms with van der Waals surface area (Å²) < 4.78 is 38.8. The molecule has 1 rings (SSSR count). The van der Waals surface area contributed by atoms with Crippen LogP contribution in [0.5, 0.6) is 5.88 Å². The summed E-state index contributed by atoms with van der Waals surface area (Å²) in [7, 11) is 0. The van der Waals surface area contributed by atoms with Crippen molar-refractivity contribution >= 4 is 17.3 Å². The lowest BCUT2D eigenvalue weighted by Crippen LogP contribution is -2.18. The van der Waals surface area contributed by atoms with E-state index in [1.165, 1.54) is 0 Å². The maximum absolute atomic E-state index is 11.8. The van der Waals surface area contributed by atoms with Crippen LogP contribution in [0.3, 0.4) is 0 Å². The molecular weight excluding hydrogens is 235 g/mol. The number of hydrogen-bond donors (Lipinski definition) is 1. The summed E-state index contributed by atoms with van der Waals surface area (Å²) in [5.74, 6) is -0.821. The highest BCUT2D eigenvalue weighted by Crippen LogP contribution is 2.28. The molecule has 0 aromatic carbocycles. The molecule has 2 N–H and O–H groups in total. The van der Waals surface area contributed by atoms with E-state index >= 15 is 0 Å². The number of alkyl halides is 3. The third-order valence-corrected chi connectivity index (χ3v) is 1.62. The number of nitrogens with zero attached hydrogens (tertiary/aromatic N) is 2. The van der Waals surface area contributed by atoms with Crippen LogP contribution in [0.15, 0.2) is 6.07 Å². The van der Waals surface area contributed by atoms with E-state index in [-0.39, 0.29) is 11.3 Å². The number of aromatic nitrogens is 1. The zero-order valence-electron chi connectivity index (χ0n) is 6.97. The highest BCUT2D eigenvalue weighted by molar-refractivity contribution is 6.32. The Labute approximate surface area is 87.0 Å². The maximum Gasteiger partial charge on any atom is 0.574 e. The molecule has 0 radical (unpaired) electrons. The first-order valence-corrected chi connectivity index (χ1v) is 3.83. The molecule has 0 saturated carbocycles. The number of hydrogen-bond acceptors (Lipinski definition) is 4. The predicted molar refractivity (Wildman–Crippen MR) is 45.1 cm³/mol. The van der Waals surface area contributed by atoms with Crippen molar-refractivity contribution in [2.45, 2.75) is 6.36 Å². The Morgan fingerprint density at radius 3 is 2.60 bits per heavy atom. The number of ether oxygens (including phenoxy) is 1. The van der Waals surface area contributed by atoms with Crippen LogP contribution in [0.25, 0.3) is 0 Å². The number of rotatable bonds is 1. The monoisotopic (exact) mass is 237 g/mol. The average molecular weight is 238 g/mol. The van der Waals surface area contributed by atoms with Gasteiger partial charge in [-0.25, -0.2) is 0 Å². The van der Waals surface area contributed by atoms with Crippen molar-refractivity contribution in [3.05, 3.63) is 16.8 Å². The minimum Gasteiger partial charge on any atom is -0.395 e. The predicted octanol–water partition coefficient (Wildman–Crippen LogP) is 2.09. The Morgan fingerprint density at radius 2 is 2.13 bits per heavy atom. The molecule has 0 aliphatic carbocycles. The van der Waals surface area contributed by atoms with E-state index in [0.717, 1.165) is 6.07 Å². The fourth-order valence-corrected chi connectivity index (χ4v) is 0.950. The summed E-state index contributed by atoms with van der Waals surface area (Å²) in [5, 5.41) is 8.10. The Morgan fingerprint density at radius 1 is 1.53 bits per heavy atom. The van der Waals surface area contributed by atoms with E-state index in [1.54, 1.807) is 6.07 Å². The maximum atomic E-state index is 11.8. The normalized spacial score (nSPS) is 10.9. The van der Waals surface area contributed by atoms with Crippen molar-refractivity contribution < 1.29 is 17.9 Å². The van der Waals surface area contributed by atoms with E-state index in [1.807, 2.05) is 0 Å². The van der Waals surface area contributed by atoms with Gasteiger partial charge in [-0.15, -0.1) is 13.2 Å². The van der Waals surface area contributed by atoms with E-state index in [0.29, 0.717) is 0 Å². The molecule has 8 heteroatoms. The molecule has 0 atom stereocenters. The molecular formula is C7H3ClF3N3O. The Kier molecular flexibility index (Phi) is 2.90. The van der Waals surface area contributed by atoms with Crippen LogP contribution in [0.1, 0.15) is 5.56 Å². The number of pyridine rings is 1. The van der Waals surface area contributed by atoms with Gasteiger partial charge in [0.05, 0.1) is 11.3 Å². The van der Waals surface area contributed by atoms with Gasteiger partial charge in [0.1, 0.15) is 6.07 Å². The second-order valence-electron chi connectivity index (χ2n) is 2.37.